The molecule has 2 atom stereocenters. The molecule has 1 saturated heterocycles. The van der Waals surface area contributed by atoms with Crippen molar-refractivity contribution in [2.45, 2.75) is 25.0 Å². The van der Waals surface area contributed by atoms with Crippen molar-refractivity contribution in [1.29, 1.82) is 0 Å². The molecule has 2 rings (SSSR count). The third-order valence-corrected chi connectivity index (χ3v) is 2.75. The topological polar surface area (TPSA) is 18.5 Å². The van der Waals surface area contributed by atoms with Crippen molar-refractivity contribution in [2.75, 3.05) is 13.7 Å². The molecule has 0 spiro atoms. The van der Waals surface area contributed by atoms with Gasteiger partial charge in [0.05, 0.1) is 12.7 Å². The molecule has 0 aliphatic carbocycles. The van der Waals surface area contributed by atoms with E-state index in [4.69, 9.17) is 9.47 Å². The molecule has 0 aromatic heterocycles. The smallest absolute Gasteiger partial charge is 0.107 e. The zero-order chi connectivity index (χ0) is 9.80. The molecule has 0 bridgehead atoms. The van der Waals surface area contributed by atoms with Crippen LogP contribution in [0.15, 0.2) is 30.3 Å². The van der Waals surface area contributed by atoms with Crippen molar-refractivity contribution in [3.05, 3.63) is 35.9 Å². The zero-order valence-electron chi connectivity index (χ0n) is 8.48. The van der Waals surface area contributed by atoms with Crippen LogP contribution < -0.4 is 0 Å². The van der Waals surface area contributed by atoms with Crippen molar-refractivity contribution < 1.29 is 9.47 Å². The summed E-state index contributed by atoms with van der Waals surface area (Å²) in [6.45, 7) is 0.760. The summed E-state index contributed by atoms with van der Waals surface area (Å²) in [4.78, 5) is 0. The van der Waals surface area contributed by atoms with Crippen LogP contribution in [0, 0.1) is 0 Å². The van der Waals surface area contributed by atoms with E-state index < -0.39 is 0 Å². The molecule has 1 aromatic rings. The first-order chi connectivity index (χ1) is 6.90. The van der Waals surface area contributed by atoms with E-state index in [1.54, 1.807) is 7.11 Å². The fourth-order valence-electron chi connectivity index (χ4n) is 1.75. The Morgan fingerprint density at radius 2 is 2.14 bits per heavy atom. The van der Waals surface area contributed by atoms with Gasteiger partial charge in [0.1, 0.15) is 6.10 Å². The maximum absolute atomic E-state index is 5.43. The first-order valence-corrected chi connectivity index (χ1v) is 5.08. The number of aryl methyl sites for hydroxylation is 1. The number of benzene rings is 1. The molecule has 2 nitrogen and oxygen atoms in total. The standard InChI is InChI=1S/C12H16O2/c1-13-12-9-14-11(12)8-7-10-5-3-2-4-6-10/h2-6,11-12H,7-9H2,1H3/t11-,12+/m0/s1. The average molecular weight is 192 g/mol. The third kappa shape index (κ3) is 2.14. The van der Waals surface area contributed by atoms with Crippen LogP contribution in [0.2, 0.25) is 0 Å². The van der Waals surface area contributed by atoms with Gasteiger partial charge in [-0.2, -0.15) is 0 Å². The predicted octanol–water partition coefficient (Wildman–Crippen LogP) is 2.03. The lowest BCUT2D eigenvalue weighted by molar-refractivity contribution is -0.177. The molecule has 1 aromatic carbocycles. The minimum atomic E-state index is 0.306. The van der Waals surface area contributed by atoms with Gasteiger partial charge in [0.2, 0.25) is 0 Å². The lowest BCUT2D eigenvalue weighted by atomic mass is 10.0. The quantitative estimate of drug-likeness (QED) is 0.726. The molecule has 0 amide bonds. The maximum Gasteiger partial charge on any atom is 0.107 e. The summed E-state index contributed by atoms with van der Waals surface area (Å²) >= 11 is 0. The fraction of sp³-hybridized carbons (Fsp3) is 0.500. The van der Waals surface area contributed by atoms with Crippen molar-refractivity contribution in [1.82, 2.24) is 0 Å². The third-order valence-electron chi connectivity index (χ3n) is 2.75. The largest absolute Gasteiger partial charge is 0.376 e. The van der Waals surface area contributed by atoms with Gasteiger partial charge in [-0.3, -0.25) is 0 Å². The lowest BCUT2D eigenvalue weighted by Gasteiger charge is -2.35. The first kappa shape index (κ1) is 9.69. The fourth-order valence-corrected chi connectivity index (χ4v) is 1.75. The number of hydrogen-bond acceptors (Lipinski definition) is 2. The Balaban J connectivity index is 1.78. The van der Waals surface area contributed by atoms with Crippen LogP contribution in [-0.4, -0.2) is 25.9 Å². The summed E-state index contributed by atoms with van der Waals surface area (Å²) in [6.07, 6.45) is 2.76. The van der Waals surface area contributed by atoms with Crippen LogP contribution in [0.4, 0.5) is 0 Å². The first-order valence-electron chi connectivity index (χ1n) is 5.08. The number of ether oxygens (including phenoxy) is 2. The number of methoxy groups -OCH3 is 1. The molecule has 14 heavy (non-hydrogen) atoms. The van der Waals surface area contributed by atoms with Crippen molar-refractivity contribution in [3.63, 3.8) is 0 Å². The summed E-state index contributed by atoms with van der Waals surface area (Å²) in [7, 11) is 1.75. The van der Waals surface area contributed by atoms with Gasteiger partial charge in [-0.05, 0) is 18.4 Å². The Bertz CT molecular complexity index is 269. The monoisotopic (exact) mass is 192 g/mol. The van der Waals surface area contributed by atoms with E-state index in [1.807, 2.05) is 6.07 Å². The Morgan fingerprint density at radius 1 is 1.36 bits per heavy atom. The molecular formula is C12H16O2. The molecule has 0 unspecified atom stereocenters. The van der Waals surface area contributed by atoms with Crippen LogP contribution in [0.5, 0.6) is 0 Å². The Kier molecular flexibility index (Phi) is 3.17. The van der Waals surface area contributed by atoms with Crippen molar-refractivity contribution in [2.24, 2.45) is 0 Å². The highest BCUT2D eigenvalue weighted by atomic mass is 16.6. The van der Waals surface area contributed by atoms with E-state index in [0.717, 1.165) is 19.4 Å². The van der Waals surface area contributed by atoms with Gasteiger partial charge >= 0.3 is 0 Å². The van der Waals surface area contributed by atoms with Gasteiger partial charge in [0, 0.05) is 7.11 Å². The van der Waals surface area contributed by atoms with Crippen LogP contribution in [-0.2, 0) is 15.9 Å². The highest BCUT2D eigenvalue weighted by Crippen LogP contribution is 2.20. The summed E-state index contributed by atoms with van der Waals surface area (Å²) in [6, 6.07) is 10.5. The Morgan fingerprint density at radius 3 is 2.71 bits per heavy atom. The summed E-state index contributed by atoms with van der Waals surface area (Å²) in [5, 5.41) is 0. The van der Waals surface area contributed by atoms with E-state index in [-0.39, 0.29) is 0 Å². The second-order valence-electron chi connectivity index (χ2n) is 3.67. The lowest BCUT2D eigenvalue weighted by Crippen LogP contribution is -2.46. The summed E-state index contributed by atoms with van der Waals surface area (Å²) in [5.74, 6) is 0. The summed E-state index contributed by atoms with van der Waals surface area (Å²) < 4.78 is 10.7. The highest BCUT2D eigenvalue weighted by molar-refractivity contribution is 5.14. The van der Waals surface area contributed by atoms with Gasteiger partial charge in [0.15, 0.2) is 0 Å². The van der Waals surface area contributed by atoms with Gasteiger partial charge < -0.3 is 9.47 Å². The van der Waals surface area contributed by atoms with E-state index >= 15 is 0 Å². The second-order valence-corrected chi connectivity index (χ2v) is 3.67. The van der Waals surface area contributed by atoms with Crippen molar-refractivity contribution >= 4 is 0 Å². The minimum Gasteiger partial charge on any atom is -0.376 e. The molecule has 1 aliphatic heterocycles. The SMILES string of the molecule is CO[C@@H]1CO[C@H]1CCc1ccccc1. The maximum atomic E-state index is 5.43. The van der Waals surface area contributed by atoms with Crippen LogP contribution in [0.25, 0.3) is 0 Å². The molecule has 1 aliphatic rings. The van der Waals surface area contributed by atoms with Gasteiger partial charge in [0.25, 0.3) is 0 Å². The molecule has 0 radical (unpaired) electrons. The van der Waals surface area contributed by atoms with Crippen LogP contribution in [0.3, 0.4) is 0 Å². The normalized spacial score (nSPS) is 25.8. The van der Waals surface area contributed by atoms with E-state index in [2.05, 4.69) is 24.3 Å². The van der Waals surface area contributed by atoms with E-state index in [0.29, 0.717) is 12.2 Å². The molecule has 1 heterocycles. The average Bonchev–Trinajstić information content (AvgIpc) is 2.19. The Hall–Kier alpha value is -0.860. The van der Waals surface area contributed by atoms with E-state index in [9.17, 15) is 0 Å². The molecule has 76 valence electrons. The molecule has 2 heteroatoms. The minimum absolute atomic E-state index is 0.306. The predicted molar refractivity (Wildman–Crippen MR) is 55.3 cm³/mol. The highest BCUT2D eigenvalue weighted by Gasteiger charge is 2.31. The van der Waals surface area contributed by atoms with E-state index in [1.165, 1.54) is 5.56 Å². The Labute approximate surface area is 84.8 Å². The summed E-state index contributed by atoms with van der Waals surface area (Å²) in [5.41, 5.74) is 1.37. The second kappa shape index (κ2) is 4.58. The molecule has 0 N–H and O–H groups in total. The van der Waals surface area contributed by atoms with Crippen LogP contribution in [0.1, 0.15) is 12.0 Å². The van der Waals surface area contributed by atoms with Crippen molar-refractivity contribution in [3.8, 4) is 0 Å². The number of rotatable bonds is 4. The molecule has 0 saturated carbocycles. The molecular weight excluding hydrogens is 176 g/mol. The molecule has 1 fully saturated rings. The van der Waals surface area contributed by atoms with Gasteiger partial charge in [-0.25, -0.2) is 0 Å². The van der Waals surface area contributed by atoms with Gasteiger partial charge in [-0.1, -0.05) is 30.3 Å². The van der Waals surface area contributed by atoms with Crippen LogP contribution >= 0.6 is 0 Å². The zero-order valence-corrected chi connectivity index (χ0v) is 8.48. The van der Waals surface area contributed by atoms with Gasteiger partial charge in [-0.15, -0.1) is 0 Å². The number of hydrogen-bond donors (Lipinski definition) is 0.